The van der Waals surface area contributed by atoms with E-state index < -0.39 is 0 Å². The number of carbonyl (C=O) groups excluding carboxylic acids is 1. The SMILES string of the molecule is CCNC(C)C(=O)c1c(C)cc(C(C)(C)C)cc1C. The van der Waals surface area contributed by atoms with E-state index in [1.807, 2.05) is 27.7 Å². The summed E-state index contributed by atoms with van der Waals surface area (Å²) in [6.45, 7) is 15.4. The smallest absolute Gasteiger partial charge is 0.179 e. The molecule has 0 bridgehead atoms. The van der Waals surface area contributed by atoms with Crippen molar-refractivity contribution in [3.8, 4) is 0 Å². The fourth-order valence-electron chi connectivity index (χ4n) is 2.40. The number of aryl methyl sites for hydroxylation is 2. The van der Waals surface area contributed by atoms with Gasteiger partial charge in [-0.1, -0.05) is 39.8 Å². The Morgan fingerprint density at radius 2 is 1.68 bits per heavy atom. The van der Waals surface area contributed by atoms with Crippen LogP contribution < -0.4 is 5.32 Å². The standard InChI is InChI=1S/C17H27NO/c1-8-18-13(4)16(19)15-11(2)9-14(10-12(15)3)17(5,6)7/h9-10,13,18H,8H2,1-7H3. The average molecular weight is 261 g/mol. The van der Waals surface area contributed by atoms with Gasteiger partial charge in [0, 0.05) is 5.56 Å². The zero-order valence-corrected chi connectivity index (χ0v) is 13.3. The van der Waals surface area contributed by atoms with Gasteiger partial charge in [0.05, 0.1) is 6.04 Å². The Labute approximate surface area is 117 Å². The molecule has 1 aromatic rings. The van der Waals surface area contributed by atoms with E-state index >= 15 is 0 Å². The molecule has 106 valence electrons. The number of rotatable bonds is 4. The molecule has 0 aromatic heterocycles. The summed E-state index contributed by atoms with van der Waals surface area (Å²) in [5, 5.41) is 3.19. The van der Waals surface area contributed by atoms with Gasteiger partial charge in [-0.15, -0.1) is 0 Å². The van der Waals surface area contributed by atoms with E-state index in [9.17, 15) is 4.79 Å². The minimum absolute atomic E-state index is 0.115. The molecular weight excluding hydrogens is 234 g/mol. The number of Topliss-reactive ketones (excluding diaryl/α,β-unsaturated/α-hetero) is 1. The molecule has 0 heterocycles. The second kappa shape index (κ2) is 5.87. The first kappa shape index (κ1) is 15.9. The summed E-state index contributed by atoms with van der Waals surface area (Å²) >= 11 is 0. The van der Waals surface area contributed by atoms with Crippen molar-refractivity contribution in [1.82, 2.24) is 5.32 Å². The molecule has 2 heteroatoms. The Morgan fingerprint density at radius 1 is 1.21 bits per heavy atom. The summed E-state index contributed by atoms with van der Waals surface area (Å²) in [6.07, 6.45) is 0. The predicted molar refractivity (Wildman–Crippen MR) is 82.1 cm³/mol. The third-order valence-electron chi connectivity index (χ3n) is 3.55. The van der Waals surface area contributed by atoms with E-state index in [1.54, 1.807) is 0 Å². The van der Waals surface area contributed by atoms with Crippen molar-refractivity contribution < 1.29 is 4.79 Å². The molecular formula is C17H27NO. The molecule has 19 heavy (non-hydrogen) atoms. The number of hydrogen-bond acceptors (Lipinski definition) is 2. The van der Waals surface area contributed by atoms with Crippen LogP contribution in [0.3, 0.4) is 0 Å². The summed E-state index contributed by atoms with van der Waals surface area (Å²) in [7, 11) is 0. The molecule has 0 saturated carbocycles. The highest BCUT2D eigenvalue weighted by Crippen LogP contribution is 2.27. The lowest BCUT2D eigenvalue weighted by Crippen LogP contribution is -2.34. The van der Waals surface area contributed by atoms with Crippen LogP contribution in [0, 0.1) is 13.8 Å². The van der Waals surface area contributed by atoms with Gasteiger partial charge in [0.15, 0.2) is 5.78 Å². The van der Waals surface area contributed by atoms with E-state index in [1.165, 1.54) is 5.56 Å². The molecule has 1 N–H and O–H groups in total. The van der Waals surface area contributed by atoms with Crippen LogP contribution in [-0.2, 0) is 5.41 Å². The van der Waals surface area contributed by atoms with Gasteiger partial charge in [-0.25, -0.2) is 0 Å². The highest BCUT2D eigenvalue weighted by molar-refractivity contribution is 6.02. The largest absolute Gasteiger partial charge is 0.308 e. The zero-order valence-electron chi connectivity index (χ0n) is 13.3. The van der Waals surface area contributed by atoms with Gasteiger partial charge in [-0.05, 0) is 49.4 Å². The van der Waals surface area contributed by atoms with Crippen LogP contribution >= 0.6 is 0 Å². The van der Waals surface area contributed by atoms with Gasteiger partial charge in [0.25, 0.3) is 0 Å². The van der Waals surface area contributed by atoms with Crippen molar-refractivity contribution in [2.75, 3.05) is 6.54 Å². The molecule has 0 aliphatic heterocycles. The average Bonchev–Trinajstić information content (AvgIpc) is 2.26. The molecule has 1 atom stereocenters. The molecule has 0 radical (unpaired) electrons. The molecule has 0 aliphatic carbocycles. The molecule has 0 aliphatic rings. The van der Waals surface area contributed by atoms with E-state index in [0.29, 0.717) is 0 Å². The summed E-state index contributed by atoms with van der Waals surface area (Å²) < 4.78 is 0. The van der Waals surface area contributed by atoms with E-state index in [0.717, 1.165) is 23.2 Å². The highest BCUT2D eigenvalue weighted by atomic mass is 16.1. The van der Waals surface area contributed by atoms with Gasteiger partial charge in [-0.2, -0.15) is 0 Å². The topological polar surface area (TPSA) is 29.1 Å². The molecule has 1 aromatic carbocycles. The Bertz CT molecular complexity index is 446. The van der Waals surface area contributed by atoms with Gasteiger partial charge in [-0.3, -0.25) is 4.79 Å². The zero-order chi connectivity index (χ0) is 14.8. The lowest BCUT2D eigenvalue weighted by Gasteiger charge is -2.23. The maximum atomic E-state index is 12.5. The van der Waals surface area contributed by atoms with Gasteiger partial charge in [0.2, 0.25) is 0 Å². The number of likely N-dealkylation sites (N-methyl/N-ethyl adjacent to an activating group) is 1. The number of ketones is 1. The molecule has 2 nitrogen and oxygen atoms in total. The van der Waals surface area contributed by atoms with Crippen molar-refractivity contribution in [1.29, 1.82) is 0 Å². The summed E-state index contributed by atoms with van der Waals surface area (Å²) in [5.41, 5.74) is 4.45. The van der Waals surface area contributed by atoms with Crippen LogP contribution in [0.4, 0.5) is 0 Å². The second-order valence-electron chi connectivity index (χ2n) is 6.38. The van der Waals surface area contributed by atoms with Gasteiger partial charge in [0.1, 0.15) is 0 Å². The lowest BCUT2D eigenvalue weighted by atomic mass is 9.82. The number of nitrogens with one attached hydrogen (secondary N) is 1. The van der Waals surface area contributed by atoms with Crippen LogP contribution in [0.2, 0.25) is 0 Å². The maximum absolute atomic E-state index is 12.5. The van der Waals surface area contributed by atoms with Crippen LogP contribution in [0.5, 0.6) is 0 Å². The predicted octanol–water partition coefficient (Wildman–Crippen LogP) is 3.78. The monoisotopic (exact) mass is 261 g/mol. The molecule has 1 rings (SSSR count). The van der Waals surface area contributed by atoms with E-state index in [-0.39, 0.29) is 17.2 Å². The Hall–Kier alpha value is -1.15. The van der Waals surface area contributed by atoms with Crippen molar-refractivity contribution in [3.63, 3.8) is 0 Å². The molecule has 0 saturated heterocycles. The third-order valence-corrected chi connectivity index (χ3v) is 3.55. The molecule has 0 amide bonds. The normalized spacial score (nSPS) is 13.4. The molecule has 0 fully saturated rings. The van der Waals surface area contributed by atoms with Gasteiger partial charge >= 0.3 is 0 Å². The first-order chi connectivity index (χ1) is 8.68. The number of carbonyl (C=O) groups is 1. The van der Waals surface area contributed by atoms with Crippen molar-refractivity contribution >= 4 is 5.78 Å². The van der Waals surface area contributed by atoms with Crippen LogP contribution in [0.1, 0.15) is 61.7 Å². The van der Waals surface area contributed by atoms with E-state index in [2.05, 4.69) is 38.2 Å². The highest BCUT2D eigenvalue weighted by Gasteiger charge is 2.21. The minimum atomic E-state index is -0.122. The maximum Gasteiger partial charge on any atom is 0.179 e. The number of hydrogen-bond donors (Lipinski definition) is 1. The lowest BCUT2D eigenvalue weighted by molar-refractivity contribution is 0.0950. The van der Waals surface area contributed by atoms with Crippen molar-refractivity contribution in [2.45, 2.75) is 59.9 Å². The van der Waals surface area contributed by atoms with Crippen molar-refractivity contribution in [2.24, 2.45) is 0 Å². The van der Waals surface area contributed by atoms with Gasteiger partial charge < -0.3 is 5.32 Å². The summed E-state index contributed by atoms with van der Waals surface area (Å²) in [5.74, 6) is 0.192. The third kappa shape index (κ3) is 3.66. The molecule has 1 unspecified atom stereocenters. The Morgan fingerprint density at radius 3 is 2.05 bits per heavy atom. The van der Waals surface area contributed by atoms with Crippen molar-refractivity contribution in [3.05, 3.63) is 34.4 Å². The fraction of sp³-hybridized carbons (Fsp3) is 0.588. The minimum Gasteiger partial charge on any atom is -0.308 e. The van der Waals surface area contributed by atoms with E-state index in [4.69, 9.17) is 0 Å². The van der Waals surface area contributed by atoms with Crippen LogP contribution in [0.15, 0.2) is 12.1 Å². The number of benzene rings is 1. The summed E-state index contributed by atoms with van der Waals surface area (Å²) in [6, 6.07) is 4.18. The van der Waals surface area contributed by atoms with Crippen LogP contribution in [0.25, 0.3) is 0 Å². The van der Waals surface area contributed by atoms with Crippen LogP contribution in [-0.4, -0.2) is 18.4 Å². The Balaban J connectivity index is 3.21. The molecule has 0 spiro atoms. The summed E-state index contributed by atoms with van der Waals surface area (Å²) in [4.78, 5) is 12.5. The first-order valence-electron chi connectivity index (χ1n) is 7.07. The fourth-order valence-corrected chi connectivity index (χ4v) is 2.40. The Kier molecular flexibility index (Phi) is 4.92. The quantitative estimate of drug-likeness (QED) is 0.836. The second-order valence-corrected chi connectivity index (χ2v) is 6.38. The first-order valence-corrected chi connectivity index (χ1v) is 7.07.